The number of rotatable bonds is 1. The molecule has 0 spiro atoms. The van der Waals surface area contributed by atoms with Gasteiger partial charge in [-0.3, -0.25) is 0 Å². The van der Waals surface area contributed by atoms with Crippen molar-refractivity contribution in [1.82, 2.24) is 0 Å². The highest BCUT2D eigenvalue weighted by atomic mass is 32.2. The summed E-state index contributed by atoms with van der Waals surface area (Å²) in [5, 5.41) is 0. The number of sulfone groups is 1. The second kappa shape index (κ2) is 6.33. The minimum Gasteiger partial charge on any atom is -0.369 e. The Labute approximate surface area is 106 Å². The molecule has 1 aliphatic heterocycles. The Morgan fingerprint density at radius 1 is 1.06 bits per heavy atom. The third kappa shape index (κ3) is 4.31. The van der Waals surface area contributed by atoms with Gasteiger partial charge in [-0.05, 0) is 19.1 Å². The minimum absolute atomic E-state index is 0.250. The Morgan fingerprint density at radius 3 is 1.94 bits per heavy atom. The van der Waals surface area contributed by atoms with Crippen LogP contribution in [0.3, 0.4) is 0 Å². The molecule has 0 saturated carbocycles. The molecular formula is C12H15NO4S. The van der Waals surface area contributed by atoms with Crippen molar-refractivity contribution in [2.24, 2.45) is 0 Å². The third-order valence-electron chi connectivity index (χ3n) is 2.74. The molecule has 6 heteroatoms. The van der Waals surface area contributed by atoms with Crippen LogP contribution >= 0.6 is 0 Å². The van der Waals surface area contributed by atoms with Gasteiger partial charge in [0.15, 0.2) is 9.84 Å². The quantitative estimate of drug-likeness (QED) is 0.748. The van der Waals surface area contributed by atoms with E-state index in [4.69, 9.17) is 9.59 Å². The van der Waals surface area contributed by atoms with Crippen LogP contribution < -0.4 is 4.90 Å². The van der Waals surface area contributed by atoms with Crippen LogP contribution in [-0.4, -0.2) is 39.2 Å². The molecule has 1 aliphatic rings. The van der Waals surface area contributed by atoms with Crippen molar-refractivity contribution in [3.63, 3.8) is 0 Å². The number of hydrogen-bond acceptors (Lipinski definition) is 5. The summed E-state index contributed by atoms with van der Waals surface area (Å²) in [6, 6.07) is 8.21. The Bertz CT molecular complexity index is 502. The van der Waals surface area contributed by atoms with Crippen LogP contribution in [0.15, 0.2) is 24.3 Å². The summed E-state index contributed by atoms with van der Waals surface area (Å²) < 4.78 is 22.5. The predicted octanol–water partition coefficient (Wildman–Crippen LogP) is 0.646. The average Bonchev–Trinajstić information content (AvgIpc) is 2.31. The molecule has 1 aromatic carbocycles. The van der Waals surface area contributed by atoms with Gasteiger partial charge in [0.25, 0.3) is 0 Å². The van der Waals surface area contributed by atoms with Gasteiger partial charge in [0.1, 0.15) is 0 Å². The summed E-state index contributed by atoms with van der Waals surface area (Å²) in [5.74, 6) is 0.557. The van der Waals surface area contributed by atoms with E-state index in [2.05, 4.69) is 17.0 Å². The standard InChI is InChI=1S/C11H15NO2S.CO2/c1-10-2-4-11(5-3-10)12-6-8-15(13,14)9-7-12;2-1-3/h2-5H,6-9H2,1H3;. The summed E-state index contributed by atoms with van der Waals surface area (Å²) in [7, 11) is -2.77. The molecule has 0 radical (unpaired) electrons. The highest BCUT2D eigenvalue weighted by molar-refractivity contribution is 7.91. The number of aryl methyl sites for hydroxylation is 1. The largest absolute Gasteiger partial charge is 0.373 e. The molecule has 2 rings (SSSR count). The van der Waals surface area contributed by atoms with Gasteiger partial charge in [0, 0.05) is 18.8 Å². The minimum atomic E-state index is -2.77. The summed E-state index contributed by atoms with van der Waals surface area (Å²) in [5.41, 5.74) is 2.35. The molecule has 1 fully saturated rings. The number of benzene rings is 1. The van der Waals surface area contributed by atoms with Crippen molar-refractivity contribution in [2.45, 2.75) is 6.92 Å². The monoisotopic (exact) mass is 269 g/mol. The molecule has 0 aliphatic carbocycles. The van der Waals surface area contributed by atoms with Crippen LogP contribution in [-0.2, 0) is 19.4 Å². The molecule has 1 aromatic rings. The van der Waals surface area contributed by atoms with Gasteiger partial charge in [-0.25, -0.2) is 8.42 Å². The number of carbonyl (C=O) groups excluding carboxylic acids is 2. The fourth-order valence-electron chi connectivity index (χ4n) is 1.73. The lowest BCUT2D eigenvalue weighted by Gasteiger charge is -2.28. The molecule has 0 amide bonds. The van der Waals surface area contributed by atoms with E-state index in [1.807, 2.05) is 19.1 Å². The van der Waals surface area contributed by atoms with Gasteiger partial charge in [-0.1, -0.05) is 17.7 Å². The number of nitrogens with zero attached hydrogens (tertiary/aromatic N) is 1. The lowest BCUT2D eigenvalue weighted by atomic mass is 10.2. The Kier molecular flexibility index (Phi) is 5.07. The first-order chi connectivity index (χ1) is 8.48. The zero-order valence-corrected chi connectivity index (χ0v) is 10.9. The average molecular weight is 269 g/mol. The smallest absolute Gasteiger partial charge is 0.369 e. The van der Waals surface area contributed by atoms with Gasteiger partial charge in [-0.2, -0.15) is 9.59 Å². The Morgan fingerprint density at radius 2 is 1.50 bits per heavy atom. The molecule has 5 nitrogen and oxygen atoms in total. The highest BCUT2D eigenvalue weighted by Gasteiger charge is 2.21. The van der Waals surface area contributed by atoms with Crippen molar-refractivity contribution in [2.75, 3.05) is 29.5 Å². The summed E-state index contributed by atoms with van der Waals surface area (Å²) in [6.45, 7) is 3.28. The first-order valence-corrected chi connectivity index (χ1v) is 7.32. The summed E-state index contributed by atoms with van der Waals surface area (Å²) >= 11 is 0. The molecule has 0 bridgehead atoms. The second-order valence-corrected chi connectivity index (χ2v) is 6.36. The van der Waals surface area contributed by atoms with Crippen LogP contribution in [0.2, 0.25) is 0 Å². The first kappa shape index (κ1) is 14.4. The molecule has 0 N–H and O–H groups in total. The van der Waals surface area contributed by atoms with Crippen LogP contribution in [0.4, 0.5) is 5.69 Å². The maximum absolute atomic E-state index is 11.3. The van der Waals surface area contributed by atoms with Crippen LogP contribution in [0.5, 0.6) is 0 Å². The van der Waals surface area contributed by atoms with Crippen molar-refractivity contribution in [3.8, 4) is 0 Å². The van der Waals surface area contributed by atoms with Crippen molar-refractivity contribution < 1.29 is 18.0 Å². The molecule has 0 aromatic heterocycles. The molecule has 18 heavy (non-hydrogen) atoms. The van der Waals surface area contributed by atoms with Gasteiger partial charge in [0.05, 0.1) is 11.5 Å². The van der Waals surface area contributed by atoms with Gasteiger partial charge >= 0.3 is 6.15 Å². The molecular weight excluding hydrogens is 254 g/mol. The van der Waals surface area contributed by atoms with E-state index < -0.39 is 9.84 Å². The molecule has 1 heterocycles. The van der Waals surface area contributed by atoms with E-state index >= 15 is 0 Å². The van der Waals surface area contributed by atoms with Gasteiger partial charge in [-0.15, -0.1) is 0 Å². The van der Waals surface area contributed by atoms with E-state index in [9.17, 15) is 8.42 Å². The zero-order chi connectivity index (χ0) is 13.6. The Hall–Kier alpha value is -1.65. The predicted molar refractivity (Wildman–Crippen MR) is 67.1 cm³/mol. The lowest BCUT2D eigenvalue weighted by molar-refractivity contribution is -0.191. The molecule has 98 valence electrons. The van der Waals surface area contributed by atoms with Crippen LogP contribution in [0.1, 0.15) is 5.56 Å². The van der Waals surface area contributed by atoms with E-state index in [-0.39, 0.29) is 17.7 Å². The SMILES string of the molecule is Cc1ccc(N2CCS(=O)(=O)CC2)cc1.O=C=O. The summed E-state index contributed by atoms with van der Waals surface area (Å²) in [6.07, 6.45) is 0.250. The van der Waals surface area contributed by atoms with Gasteiger partial charge in [0.2, 0.25) is 0 Å². The van der Waals surface area contributed by atoms with Crippen molar-refractivity contribution in [3.05, 3.63) is 29.8 Å². The van der Waals surface area contributed by atoms with E-state index in [0.29, 0.717) is 13.1 Å². The van der Waals surface area contributed by atoms with Gasteiger partial charge < -0.3 is 4.90 Å². The van der Waals surface area contributed by atoms with Crippen molar-refractivity contribution in [1.29, 1.82) is 0 Å². The number of hydrogen-bond donors (Lipinski definition) is 0. The molecule has 1 saturated heterocycles. The molecule has 0 unspecified atom stereocenters. The van der Waals surface area contributed by atoms with E-state index in [0.717, 1.165) is 5.69 Å². The maximum atomic E-state index is 11.3. The summed E-state index contributed by atoms with van der Waals surface area (Å²) in [4.78, 5) is 18.4. The van der Waals surface area contributed by atoms with E-state index in [1.54, 1.807) is 0 Å². The maximum Gasteiger partial charge on any atom is 0.373 e. The Balaban J connectivity index is 0.000000492. The second-order valence-electron chi connectivity index (χ2n) is 4.06. The third-order valence-corrected chi connectivity index (χ3v) is 4.35. The fourth-order valence-corrected chi connectivity index (χ4v) is 2.93. The lowest BCUT2D eigenvalue weighted by Crippen LogP contribution is -2.40. The number of anilines is 1. The van der Waals surface area contributed by atoms with Crippen molar-refractivity contribution >= 4 is 21.7 Å². The topological polar surface area (TPSA) is 71.5 Å². The van der Waals surface area contributed by atoms with Crippen LogP contribution in [0.25, 0.3) is 0 Å². The zero-order valence-electron chi connectivity index (χ0n) is 10.1. The fraction of sp³-hybridized carbons (Fsp3) is 0.417. The normalized spacial score (nSPS) is 17.3. The molecule has 0 atom stereocenters. The van der Waals surface area contributed by atoms with Crippen LogP contribution in [0, 0.1) is 6.92 Å². The van der Waals surface area contributed by atoms with E-state index in [1.165, 1.54) is 5.56 Å². The highest BCUT2D eigenvalue weighted by Crippen LogP contribution is 2.17. The first-order valence-electron chi connectivity index (χ1n) is 5.50.